The average Bonchev–Trinajstić information content (AvgIpc) is 3.01. The molecule has 0 saturated heterocycles. The third-order valence-electron chi connectivity index (χ3n) is 3.76. The van der Waals surface area contributed by atoms with Gasteiger partial charge in [-0.2, -0.15) is 0 Å². The second-order valence-corrected chi connectivity index (χ2v) is 6.03. The van der Waals surface area contributed by atoms with Crippen molar-refractivity contribution in [1.29, 1.82) is 0 Å². The summed E-state index contributed by atoms with van der Waals surface area (Å²) in [5.41, 5.74) is 2.33. The zero-order chi connectivity index (χ0) is 18.5. The molecule has 0 unspecified atom stereocenters. The SMILES string of the molecule is CCCOc1c(Cl)cc(/C=C2\C(=O)ON=C2c2ccccc2)cc1OC. The Hall–Kier alpha value is -2.79. The van der Waals surface area contributed by atoms with Gasteiger partial charge in [-0.25, -0.2) is 4.79 Å². The average molecular weight is 372 g/mol. The Bertz CT molecular complexity index is 875. The van der Waals surface area contributed by atoms with Gasteiger partial charge < -0.3 is 14.3 Å². The maximum Gasteiger partial charge on any atom is 0.368 e. The van der Waals surface area contributed by atoms with Crippen LogP contribution in [-0.2, 0) is 9.63 Å². The van der Waals surface area contributed by atoms with Crippen molar-refractivity contribution in [1.82, 2.24) is 0 Å². The highest BCUT2D eigenvalue weighted by Gasteiger charge is 2.27. The fourth-order valence-electron chi connectivity index (χ4n) is 2.55. The van der Waals surface area contributed by atoms with Crippen LogP contribution in [0.1, 0.15) is 24.5 Å². The zero-order valence-electron chi connectivity index (χ0n) is 14.5. The lowest BCUT2D eigenvalue weighted by atomic mass is 10.0. The summed E-state index contributed by atoms with van der Waals surface area (Å²) in [7, 11) is 1.54. The van der Waals surface area contributed by atoms with E-state index in [0.29, 0.717) is 40.0 Å². The molecule has 1 aliphatic heterocycles. The summed E-state index contributed by atoms with van der Waals surface area (Å²) >= 11 is 6.34. The van der Waals surface area contributed by atoms with E-state index in [4.69, 9.17) is 25.9 Å². The Morgan fingerprint density at radius 1 is 1.23 bits per heavy atom. The predicted octanol–water partition coefficient (Wildman–Crippen LogP) is 4.48. The van der Waals surface area contributed by atoms with Crippen molar-refractivity contribution in [3.8, 4) is 11.5 Å². The van der Waals surface area contributed by atoms with E-state index >= 15 is 0 Å². The van der Waals surface area contributed by atoms with Gasteiger partial charge in [0.15, 0.2) is 11.5 Å². The van der Waals surface area contributed by atoms with Crippen LogP contribution in [0.2, 0.25) is 5.02 Å². The van der Waals surface area contributed by atoms with Gasteiger partial charge in [0, 0.05) is 5.56 Å². The van der Waals surface area contributed by atoms with Gasteiger partial charge >= 0.3 is 5.97 Å². The first-order valence-corrected chi connectivity index (χ1v) is 8.59. The molecular formula is C20H18ClNO4. The van der Waals surface area contributed by atoms with E-state index in [1.807, 2.05) is 37.3 Å². The number of nitrogens with zero attached hydrogens (tertiary/aromatic N) is 1. The minimum Gasteiger partial charge on any atom is -0.493 e. The smallest absolute Gasteiger partial charge is 0.368 e. The maximum atomic E-state index is 12.1. The maximum absolute atomic E-state index is 12.1. The van der Waals surface area contributed by atoms with Crippen LogP contribution in [0.25, 0.3) is 6.08 Å². The molecule has 0 aromatic heterocycles. The van der Waals surface area contributed by atoms with Crippen molar-refractivity contribution in [2.75, 3.05) is 13.7 Å². The summed E-state index contributed by atoms with van der Waals surface area (Å²) in [6.45, 7) is 2.54. The van der Waals surface area contributed by atoms with Crippen molar-refractivity contribution in [2.45, 2.75) is 13.3 Å². The third-order valence-corrected chi connectivity index (χ3v) is 4.04. The first-order chi connectivity index (χ1) is 12.6. The van der Waals surface area contributed by atoms with E-state index < -0.39 is 5.97 Å². The number of hydrogen-bond acceptors (Lipinski definition) is 5. The Labute approximate surface area is 156 Å². The minimum atomic E-state index is -0.509. The van der Waals surface area contributed by atoms with Gasteiger partial charge in [0.2, 0.25) is 0 Å². The summed E-state index contributed by atoms with van der Waals surface area (Å²) in [5.74, 6) is 0.483. The van der Waals surface area contributed by atoms with Crippen LogP contribution < -0.4 is 9.47 Å². The standard InChI is InChI=1S/C20H18ClNO4/c1-3-9-25-19-16(21)11-13(12-17(19)24-2)10-15-18(22-26-20(15)23)14-7-5-4-6-8-14/h4-8,10-12H,3,9H2,1-2H3/b15-10-. The van der Waals surface area contributed by atoms with Crippen LogP contribution in [0.4, 0.5) is 0 Å². The second kappa shape index (κ2) is 8.06. The molecule has 3 rings (SSSR count). The lowest BCUT2D eigenvalue weighted by Crippen LogP contribution is -2.06. The van der Waals surface area contributed by atoms with Crippen molar-refractivity contribution < 1.29 is 19.1 Å². The summed E-state index contributed by atoms with van der Waals surface area (Å²) in [4.78, 5) is 17.0. The molecule has 5 nitrogen and oxygen atoms in total. The van der Waals surface area contributed by atoms with Crippen LogP contribution in [0.15, 0.2) is 53.2 Å². The monoisotopic (exact) mass is 371 g/mol. The minimum absolute atomic E-state index is 0.358. The fourth-order valence-corrected chi connectivity index (χ4v) is 2.82. The molecule has 0 fully saturated rings. The summed E-state index contributed by atoms with van der Waals surface area (Å²) in [6, 6.07) is 12.9. The van der Waals surface area contributed by atoms with E-state index in [9.17, 15) is 4.79 Å². The first kappa shape index (κ1) is 18.0. The topological polar surface area (TPSA) is 57.1 Å². The first-order valence-electron chi connectivity index (χ1n) is 8.21. The number of methoxy groups -OCH3 is 1. The Balaban J connectivity index is 1.99. The van der Waals surface area contributed by atoms with Crippen molar-refractivity contribution in [3.05, 3.63) is 64.2 Å². The zero-order valence-corrected chi connectivity index (χ0v) is 15.2. The lowest BCUT2D eigenvalue weighted by Gasteiger charge is -2.13. The number of benzene rings is 2. The van der Waals surface area contributed by atoms with Gasteiger partial charge in [-0.1, -0.05) is 54.0 Å². The summed E-state index contributed by atoms with van der Waals surface area (Å²) in [5, 5.41) is 4.31. The number of hydrogen-bond donors (Lipinski definition) is 0. The van der Waals surface area contributed by atoms with E-state index in [2.05, 4.69) is 5.16 Å². The number of oxime groups is 1. The van der Waals surface area contributed by atoms with Crippen LogP contribution in [0, 0.1) is 0 Å². The molecule has 2 aromatic rings. The van der Waals surface area contributed by atoms with Gasteiger partial charge in [-0.15, -0.1) is 0 Å². The van der Waals surface area contributed by atoms with Gasteiger partial charge in [0.25, 0.3) is 0 Å². The molecule has 26 heavy (non-hydrogen) atoms. The lowest BCUT2D eigenvalue weighted by molar-refractivity contribution is -0.136. The van der Waals surface area contributed by atoms with Gasteiger partial charge in [0.05, 0.1) is 24.3 Å². The molecule has 6 heteroatoms. The molecule has 0 spiro atoms. The van der Waals surface area contributed by atoms with E-state index in [1.54, 1.807) is 25.3 Å². The van der Waals surface area contributed by atoms with E-state index in [-0.39, 0.29) is 0 Å². The van der Waals surface area contributed by atoms with Crippen LogP contribution in [-0.4, -0.2) is 25.4 Å². The molecule has 1 aliphatic rings. The number of carbonyl (C=O) groups excluding carboxylic acids is 1. The van der Waals surface area contributed by atoms with Gasteiger partial charge in [-0.05, 0) is 30.2 Å². The highest BCUT2D eigenvalue weighted by Crippen LogP contribution is 2.37. The molecule has 0 radical (unpaired) electrons. The molecule has 0 amide bonds. The molecule has 1 heterocycles. The third kappa shape index (κ3) is 3.73. The molecular weight excluding hydrogens is 354 g/mol. The summed E-state index contributed by atoms with van der Waals surface area (Å²) in [6.07, 6.45) is 2.53. The van der Waals surface area contributed by atoms with Gasteiger partial charge in [-0.3, -0.25) is 0 Å². The molecule has 0 saturated carbocycles. The van der Waals surface area contributed by atoms with Crippen LogP contribution in [0.3, 0.4) is 0 Å². The number of rotatable bonds is 6. The van der Waals surface area contributed by atoms with Crippen molar-refractivity contribution in [2.24, 2.45) is 5.16 Å². The Kier molecular flexibility index (Phi) is 5.58. The molecule has 0 N–H and O–H groups in total. The fraction of sp³-hybridized carbons (Fsp3) is 0.200. The number of carbonyl (C=O) groups is 1. The molecule has 134 valence electrons. The highest BCUT2D eigenvalue weighted by atomic mass is 35.5. The Morgan fingerprint density at radius 3 is 2.69 bits per heavy atom. The quantitative estimate of drug-likeness (QED) is 0.555. The van der Waals surface area contributed by atoms with Gasteiger partial charge in [0.1, 0.15) is 5.71 Å². The number of halogens is 1. The number of ether oxygens (including phenoxy) is 2. The van der Waals surface area contributed by atoms with Crippen LogP contribution in [0.5, 0.6) is 11.5 Å². The largest absolute Gasteiger partial charge is 0.493 e. The van der Waals surface area contributed by atoms with Crippen LogP contribution >= 0.6 is 11.6 Å². The molecule has 2 aromatic carbocycles. The molecule has 0 aliphatic carbocycles. The molecule has 0 atom stereocenters. The summed E-state index contributed by atoms with van der Waals surface area (Å²) < 4.78 is 11.0. The van der Waals surface area contributed by atoms with Crippen molar-refractivity contribution >= 4 is 29.4 Å². The molecule has 0 bridgehead atoms. The normalized spacial score (nSPS) is 15.0. The van der Waals surface area contributed by atoms with Crippen molar-refractivity contribution in [3.63, 3.8) is 0 Å². The predicted molar refractivity (Wildman–Crippen MR) is 101 cm³/mol. The Morgan fingerprint density at radius 2 is 2.00 bits per heavy atom. The van der Waals surface area contributed by atoms with E-state index in [1.165, 1.54) is 0 Å². The van der Waals surface area contributed by atoms with E-state index in [0.717, 1.165) is 12.0 Å². The second-order valence-electron chi connectivity index (χ2n) is 5.63. The highest BCUT2D eigenvalue weighted by molar-refractivity contribution is 6.33.